The summed E-state index contributed by atoms with van der Waals surface area (Å²) in [6.45, 7) is 1.93. The zero-order valence-electron chi connectivity index (χ0n) is 11.6. The number of benzene rings is 2. The van der Waals surface area contributed by atoms with Crippen molar-refractivity contribution in [1.82, 2.24) is 0 Å². The number of carbonyl (C=O) groups excluding carboxylic acids is 1. The molecule has 0 bridgehead atoms. The van der Waals surface area contributed by atoms with Crippen LogP contribution < -0.4 is 15.2 Å². The van der Waals surface area contributed by atoms with E-state index in [0.29, 0.717) is 18.1 Å². The lowest BCUT2D eigenvalue weighted by atomic mass is 10.2. The highest BCUT2D eigenvalue weighted by Crippen LogP contribution is 2.19. The molecule has 0 aliphatic rings. The van der Waals surface area contributed by atoms with Crippen LogP contribution in [-0.2, 0) is 11.4 Å². The summed E-state index contributed by atoms with van der Waals surface area (Å²) < 4.78 is 23.7. The zero-order chi connectivity index (χ0) is 15.2. The topological polar surface area (TPSA) is 61.6 Å². The fourth-order valence-corrected chi connectivity index (χ4v) is 1.62. The van der Waals surface area contributed by atoms with Crippen molar-refractivity contribution >= 4 is 5.91 Å². The van der Waals surface area contributed by atoms with Gasteiger partial charge in [-0.05, 0) is 48.9 Å². The van der Waals surface area contributed by atoms with Gasteiger partial charge in [0.2, 0.25) is 0 Å². The molecule has 1 unspecified atom stereocenters. The molecule has 2 aromatic carbocycles. The molecule has 0 saturated heterocycles. The molecule has 1 amide bonds. The van der Waals surface area contributed by atoms with Gasteiger partial charge in [-0.15, -0.1) is 0 Å². The van der Waals surface area contributed by atoms with E-state index < -0.39 is 12.0 Å². The number of primary amides is 1. The smallest absolute Gasteiger partial charge is 0.258 e. The normalized spacial score (nSPS) is 11.7. The predicted molar refractivity (Wildman–Crippen MR) is 76.5 cm³/mol. The Balaban J connectivity index is 1.90. The molecule has 2 N–H and O–H groups in total. The lowest BCUT2D eigenvalue weighted by Gasteiger charge is -2.12. The molecule has 2 rings (SSSR count). The van der Waals surface area contributed by atoms with E-state index >= 15 is 0 Å². The number of halogens is 1. The van der Waals surface area contributed by atoms with Crippen LogP contribution in [0, 0.1) is 5.82 Å². The fraction of sp³-hybridized carbons (Fsp3) is 0.188. The minimum absolute atomic E-state index is 0.274. The molecule has 2 aromatic rings. The standard InChI is InChI=1S/C16H16FNO3/c1-11(16(18)19)21-15-8-6-14(7-9-15)20-10-12-2-4-13(17)5-3-12/h2-9,11H,10H2,1H3,(H2,18,19). The molecule has 0 radical (unpaired) electrons. The van der Waals surface area contributed by atoms with Crippen LogP contribution in [0.25, 0.3) is 0 Å². The largest absolute Gasteiger partial charge is 0.489 e. The maximum atomic E-state index is 12.8. The van der Waals surface area contributed by atoms with Crippen LogP contribution >= 0.6 is 0 Å². The summed E-state index contributed by atoms with van der Waals surface area (Å²) in [4.78, 5) is 10.9. The van der Waals surface area contributed by atoms with Crippen LogP contribution in [0.2, 0.25) is 0 Å². The number of carbonyl (C=O) groups is 1. The summed E-state index contributed by atoms with van der Waals surface area (Å²) in [5.41, 5.74) is 6.00. The molecule has 0 aliphatic heterocycles. The first-order chi connectivity index (χ1) is 10.0. The van der Waals surface area contributed by atoms with Crippen molar-refractivity contribution in [3.05, 3.63) is 59.9 Å². The average Bonchev–Trinajstić information content (AvgIpc) is 2.48. The summed E-state index contributed by atoms with van der Waals surface area (Å²) in [6, 6.07) is 13.0. The molecule has 21 heavy (non-hydrogen) atoms. The molecule has 0 aromatic heterocycles. The molecule has 0 aliphatic carbocycles. The van der Waals surface area contributed by atoms with Crippen molar-refractivity contribution in [3.8, 4) is 11.5 Å². The molecule has 110 valence electrons. The van der Waals surface area contributed by atoms with E-state index in [4.69, 9.17) is 15.2 Å². The van der Waals surface area contributed by atoms with Gasteiger partial charge in [-0.3, -0.25) is 4.79 Å². The van der Waals surface area contributed by atoms with Gasteiger partial charge in [-0.1, -0.05) is 12.1 Å². The van der Waals surface area contributed by atoms with Gasteiger partial charge < -0.3 is 15.2 Å². The van der Waals surface area contributed by atoms with Crippen LogP contribution in [0.15, 0.2) is 48.5 Å². The predicted octanol–water partition coefficient (Wildman–Crippen LogP) is 2.66. The van der Waals surface area contributed by atoms with Gasteiger partial charge in [-0.25, -0.2) is 4.39 Å². The second-order valence-electron chi connectivity index (χ2n) is 4.55. The van der Waals surface area contributed by atoms with Gasteiger partial charge in [0, 0.05) is 0 Å². The second kappa shape index (κ2) is 6.74. The van der Waals surface area contributed by atoms with Gasteiger partial charge in [0.05, 0.1) is 0 Å². The van der Waals surface area contributed by atoms with Crippen molar-refractivity contribution in [3.63, 3.8) is 0 Å². The Labute approximate surface area is 122 Å². The van der Waals surface area contributed by atoms with E-state index in [9.17, 15) is 9.18 Å². The van der Waals surface area contributed by atoms with E-state index in [0.717, 1.165) is 5.56 Å². The fourth-order valence-electron chi connectivity index (χ4n) is 1.62. The Bertz CT molecular complexity index is 596. The molecular weight excluding hydrogens is 273 g/mol. The molecule has 1 atom stereocenters. The van der Waals surface area contributed by atoms with E-state index in [1.54, 1.807) is 43.3 Å². The van der Waals surface area contributed by atoms with Crippen molar-refractivity contribution in [2.45, 2.75) is 19.6 Å². The number of rotatable bonds is 6. The first-order valence-electron chi connectivity index (χ1n) is 6.48. The third kappa shape index (κ3) is 4.49. The molecule has 0 spiro atoms. The summed E-state index contributed by atoms with van der Waals surface area (Å²) in [5, 5.41) is 0. The summed E-state index contributed by atoms with van der Waals surface area (Å²) in [5.74, 6) is 0.393. The van der Waals surface area contributed by atoms with E-state index in [-0.39, 0.29) is 5.82 Å². The Morgan fingerprint density at radius 1 is 1.10 bits per heavy atom. The highest BCUT2D eigenvalue weighted by atomic mass is 19.1. The van der Waals surface area contributed by atoms with Gasteiger partial charge >= 0.3 is 0 Å². The minimum Gasteiger partial charge on any atom is -0.489 e. The van der Waals surface area contributed by atoms with Crippen molar-refractivity contribution in [2.75, 3.05) is 0 Å². The third-order valence-corrected chi connectivity index (χ3v) is 2.86. The number of hydrogen-bond donors (Lipinski definition) is 1. The highest BCUT2D eigenvalue weighted by Gasteiger charge is 2.09. The maximum Gasteiger partial charge on any atom is 0.258 e. The Morgan fingerprint density at radius 3 is 2.24 bits per heavy atom. The van der Waals surface area contributed by atoms with Gasteiger partial charge in [0.1, 0.15) is 23.9 Å². The zero-order valence-corrected chi connectivity index (χ0v) is 11.6. The maximum absolute atomic E-state index is 12.8. The number of hydrogen-bond acceptors (Lipinski definition) is 3. The number of nitrogens with two attached hydrogens (primary N) is 1. The lowest BCUT2D eigenvalue weighted by molar-refractivity contribution is -0.123. The van der Waals surface area contributed by atoms with Gasteiger partial charge in [0.25, 0.3) is 5.91 Å². The van der Waals surface area contributed by atoms with Crippen molar-refractivity contribution in [2.24, 2.45) is 5.73 Å². The van der Waals surface area contributed by atoms with E-state index in [1.807, 2.05) is 0 Å². The Kier molecular flexibility index (Phi) is 4.77. The quantitative estimate of drug-likeness (QED) is 0.889. The minimum atomic E-state index is -0.684. The van der Waals surface area contributed by atoms with E-state index in [2.05, 4.69) is 0 Å². The summed E-state index contributed by atoms with van der Waals surface area (Å²) >= 11 is 0. The van der Waals surface area contributed by atoms with Crippen LogP contribution in [0.3, 0.4) is 0 Å². The number of ether oxygens (including phenoxy) is 2. The van der Waals surface area contributed by atoms with Crippen LogP contribution in [0.4, 0.5) is 4.39 Å². The van der Waals surface area contributed by atoms with Gasteiger partial charge in [-0.2, -0.15) is 0 Å². The Morgan fingerprint density at radius 2 is 1.67 bits per heavy atom. The number of amides is 1. The monoisotopic (exact) mass is 289 g/mol. The first-order valence-corrected chi connectivity index (χ1v) is 6.48. The van der Waals surface area contributed by atoms with Crippen LogP contribution in [0.5, 0.6) is 11.5 Å². The first kappa shape index (κ1) is 14.8. The molecule has 5 heteroatoms. The molecule has 0 saturated carbocycles. The average molecular weight is 289 g/mol. The summed E-state index contributed by atoms with van der Waals surface area (Å²) in [7, 11) is 0. The summed E-state index contributed by atoms with van der Waals surface area (Å²) in [6.07, 6.45) is -0.684. The van der Waals surface area contributed by atoms with Crippen LogP contribution in [0.1, 0.15) is 12.5 Å². The van der Waals surface area contributed by atoms with Crippen LogP contribution in [-0.4, -0.2) is 12.0 Å². The molecular formula is C16H16FNO3. The Hall–Kier alpha value is -2.56. The lowest BCUT2D eigenvalue weighted by Crippen LogP contribution is -2.30. The molecule has 0 fully saturated rings. The molecule has 4 nitrogen and oxygen atoms in total. The highest BCUT2D eigenvalue weighted by molar-refractivity contribution is 5.78. The van der Waals surface area contributed by atoms with Gasteiger partial charge in [0.15, 0.2) is 6.10 Å². The van der Waals surface area contributed by atoms with Crippen molar-refractivity contribution in [1.29, 1.82) is 0 Å². The van der Waals surface area contributed by atoms with Crippen molar-refractivity contribution < 1.29 is 18.7 Å². The van der Waals surface area contributed by atoms with E-state index in [1.165, 1.54) is 12.1 Å². The third-order valence-electron chi connectivity index (χ3n) is 2.86. The second-order valence-corrected chi connectivity index (χ2v) is 4.55. The SMILES string of the molecule is CC(Oc1ccc(OCc2ccc(F)cc2)cc1)C(N)=O. The molecule has 0 heterocycles.